The van der Waals surface area contributed by atoms with Crippen molar-refractivity contribution in [2.75, 3.05) is 0 Å². The van der Waals surface area contributed by atoms with Crippen molar-refractivity contribution in [1.29, 1.82) is 0 Å². The fourth-order valence-corrected chi connectivity index (χ4v) is 3.89. The molecular formula is C24H17F8N5O3. The number of alkyl halides is 7. The SMILES string of the molecule is C[C@H](C[C@H](F)Cn1ccc2cc(-c3ncc(C(F)(F)F)cn3)c(F)cc2c1=O)Oc1cn[nH]c(=O)c1C(F)(F)F. The van der Waals surface area contributed by atoms with Gasteiger partial charge in [0.15, 0.2) is 17.1 Å². The number of hydrogen-bond acceptors (Lipinski definition) is 6. The van der Waals surface area contributed by atoms with Crippen LogP contribution >= 0.6 is 0 Å². The first-order valence-electron chi connectivity index (χ1n) is 11.3. The van der Waals surface area contributed by atoms with Crippen LogP contribution in [0.4, 0.5) is 35.1 Å². The number of halogens is 8. The van der Waals surface area contributed by atoms with Gasteiger partial charge in [0, 0.05) is 25.0 Å². The Morgan fingerprint density at radius 2 is 1.70 bits per heavy atom. The van der Waals surface area contributed by atoms with E-state index in [1.807, 2.05) is 0 Å². The highest BCUT2D eigenvalue weighted by Gasteiger charge is 2.38. The van der Waals surface area contributed by atoms with Crippen molar-refractivity contribution in [2.24, 2.45) is 0 Å². The van der Waals surface area contributed by atoms with Crippen molar-refractivity contribution in [3.8, 4) is 17.1 Å². The highest BCUT2D eigenvalue weighted by Crippen LogP contribution is 2.33. The van der Waals surface area contributed by atoms with Crippen LogP contribution in [0, 0.1) is 5.82 Å². The maximum absolute atomic E-state index is 14.8. The molecule has 0 bridgehead atoms. The molecule has 0 unspecified atom stereocenters. The Morgan fingerprint density at radius 3 is 2.33 bits per heavy atom. The van der Waals surface area contributed by atoms with Gasteiger partial charge in [-0.15, -0.1) is 0 Å². The first-order valence-corrected chi connectivity index (χ1v) is 11.3. The molecule has 0 amide bonds. The molecule has 4 rings (SSSR count). The number of rotatable bonds is 7. The van der Waals surface area contributed by atoms with Crippen molar-refractivity contribution < 1.29 is 39.9 Å². The summed E-state index contributed by atoms with van der Waals surface area (Å²) in [6.07, 6.45) is -10.4. The molecule has 2 atom stereocenters. The topological polar surface area (TPSA) is 103 Å². The van der Waals surface area contributed by atoms with E-state index in [4.69, 9.17) is 4.74 Å². The van der Waals surface area contributed by atoms with E-state index in [0.29, 0.717) is 18.6 Å². The van der Waals surface area contributed by atoms with Gasteiger partial charge in [0.05, 0.1) is 35.4 Å². The Kier molecular flexibility index (Phi) is 7.63. The zero-order valence-corrected chi connectivity index (χ0v) is 20.1. The maximum Gasteiger partial charge on any atom is 0.425 e. The third-order valence-corrected chi connectivity index (χ3v) is 5.70. The molecule has 8 nitrogen and oxygen atoms in total. The summed E-state index contributed by atoms with van der Waals surface area (Å²) in [4.78, 5) is 31.5. The monoisotopic (exact) mass is 575 g/mol. The van der Waals surface area contributed by atoms with Gasteiger partial charge >= 0.3 is 12.4 Å². The summed E-state index contributed by atoms with van der Waals surface area (Å²) < 4.78 is 113. The highest BCUT2D eigenvalue weighted by molar-refractivity contribution is 5.85. The van der Waals surface area contributed by atoms with Crippen LogP contribution in [0.2, 0.25) is 0 Å². The van der Waals surface area contributed by atoms with Crippen molar-refractivity contribution in [3.05, 3.63) is 80.6 Å². The highest BCUT2D eigenvalue weighted by atomic mass is 19.4. The van der Waals surface area contributed by atoms with Gasteiger partial charge in [-0.1, -0.05) is 0 Å². The summed E-state index contributed by atoms with van der Waals surface area (Å²) in [6.45, 7) is 0.699. The Bertz CT molecular complexity index is 1650. The predicted octanol–water partition coefficient (Wildman–Crippen LogP) is 4.91. The molecule has 0 radical (unpaired) electrons. The minimum atomic E-state index is -5.05. The smallest absolute Gasteiger partial charge is 0.425 e. The van der Waals surface area contributed by atoms with E-state index in [-0.39, 0.29) is 22.2 Å². The van der Waals surface area contributed by atoms with Crippen LogP contribution in [-0.2, 0) is 18.9 Å². The normalized spacial score (nSPS) is 13.8. The number of nitrogens with one attached hydrogen (secondary N) is 1. The van der Waals surface area contributed by atoms with Gasteiger partial charge in [-0.2, -0.15) is 31.4 Å². The van der Waals surface area contributed by atoms with Crippen molar-refractivity contribution >= 4 is 10.8 Å². The lowest BCUT2D eigenvalue weighted by Crippen LogP contribution is -2.29. The van der Waals surface area contributed by atoms with Gasteiger partial charge in [-0.05, 0) is 30.5 Å². The third kappa shape index (κ3) is 6.10. The van der Waals surface area contributed by atoms with E-state index >= 15 is 0 Å². The summed E-state index contributed by atoms with van der Waals surface area (Å²) >= 11 is 0. The van der Waals surface area contributed by atoms with E-state index in [1.54, 1.807) is 5.10 Å². The van der Waals surface area contributed by atoms with Crippen molar-refractivity contribution in [2.45, 2.75) is 44.5 Å². The molecule has 0 aliphatic heterocycles. The van der Waals surface area contributed by atoms with Crippen LogP contribution in [0.15, 0.2) is 52.6 Å². The zero-order valence-electron chi connectivity index (χ0n) is 20.1. The minimum absolute atomic E-state index is 0.170. The Morgan fingerprint density at radius 1 is 1.02 bits per heavy atom. The van der Waals surface area contributed by atoms with Crippen LogP contribution in [0.25, 0.3) is 22.2 Å². The lowest BCUT2D eigenvalue weighted by atomic mass is 10.1. The Labute approximate surface area is 218 Å². The van der Waals surface area contributed by atoms with Crippen LogP contribution in [-0.4, -0.2) is 37.0 Å². The molecule has 0 aliphatic carbocycles. The molecule has 3 heterocycles. The first kappa shape index (κ1) is 28.6. The summed E-state index contributed by atoms with van der Waals surface area (Å²) in [5.41, 5.74) is -5.35. The third-order valence-electron chi connectivity index (χ3n) is 5.70. The van der Waals surface area contributed by atoms with Gasteiger partial charge in [0.1, 0.15) is 12.0 Å². The summed E-state index contributed by atoms with van der Waals surface area (Å²) in [5, 5.41) is 4.91. The molecule has 0 fully saturated rings. The van der Waals surface area contributed by atoms with Crippen LogP contribution in [0.3, 0.4) is 0 Å². The fraction of sp³-hybridized carbons (Fsp3) is 0.292. The Hall–Kier alpha value is -4.37. The molecule has 1 N–H and O–H groups in total. The molecule has 4 aromatic rings. The molecule has 0 saturated carbocycles. The largest absolute Gasteiger partial charge is 0.488 e. The van der Waals surface area contributed by atoms with Crippen LogP contribution in [0.1, 0.15) is 24.5 Å². The number of pyridine rings is 1. The second kappa shape index (κ2) is 10.7. The number of aromatic nitrogens is 5. The standard InChI is InChI=1S/C24H17F8N5O3/c1-11(40-18-9-35-36-21(38)19(18)24(30,31)32)4-14(25)10-37-3-2-12-5-16(17(26)6-15(12)22(37)39)20-33-7-13(8-34-20)23(27,28)29/h2-3,5-9,11,14H,4,10H2,1H3,(H,36,38)/t11-,14+/m1/s1. The number of hydrogen-bond donors (Lipinski definition) is 1. The summed E-state index contributed by atoms with van der Waals surface area (Å²) in [6, 6.07) is 3.33. The van der Waals surface area contributed by atoms with E-state index in [0.717, 1.165) is 16.7 Å². The number of ether oxygens (including phenoxy) is 1. The molecule has 212 valence electrons. The maximum atomic E-state index is 14.8. The van der Waals surface area contributed by atoms with Crippen molar-refractivity contribution in [3.63, 3.8) is 0 Å². The molecule has 3 aromatic heterocycles. The van der Waals surface area contributed by atoms with Crippen molar-refractivity contribution in [1.82, 2.24) is 24.7 Å². The quantitative estimate of drug-likeness (QED) is 0.314. The molecular weight excluding hydrogens is 558 g/mol. The van der Waals surface area contributed by atoms with E-state index < -0.39 is 71.4 Å². The fourth-order valence-electron chi connectivity index (χ4n) is 3.89. The molecule has 1 aromatic carbocycles. The van der Waals surface area contributed by atoms with Crippen LogP contribution < -0.4 is 15.9 Å². The zero-order chi connectivity index (χ0) is 29.4. The van der Waals surface area contributed by atoms with E-state index in [1.165, 1.54) is 19.2 Å². The molecule has 0 spiro atoms. The van der Waals surface area contributed by atoms with E-state index in [9.17, 15) is 44.7 Å². The number of H-pyrrole nitrogens is 1. The molecule has 0 saturated heterocycles. The second-order valence-corrected chi connectivity index (χ2v) is 8.68. The first-order chi connectivity index (χ1) is 18.6. The Balaban J connectivity index is 1.51. The average Bonchev–Trinajstić information content (AvgIpc) is 2.84. The van der Waals surface area contributed by atoms with Gasteiger partial charge < -0.3 is 9.30 Å². The average molecular weight is 575 g/mol. The number of aromatic amines is 1. The van der Waals surface area contributed by atoms with E-state index in [2.05, 4.69) is 15.1 Å². The van der Waals surface area contributed by atoms with Gasteiger partial charge in [-0.25, -0.2) is 23.8 Å². The number of fused-ring (bicyclic) bond motifs is 1. The van der Waals surface area contributed by atoms with Gasteiger partial charge in [0.25, 0.3) is 11.1 Å². The summed E-state index contributed by atoms with van der Waals surface area (Å²) in [7, 11) is 0. The van der Waals surface area contributed by atoms with Crippen LogP contribution in [0.5, 0.6) is 5.75 Å². The molecule has 40 heavy (non-hydrogen) atoms. The number of nitrogens with zero attached hydrogens (tertiary/aromatic N) is 4. The molecule has 16 heteroatoms. The second-order valence-electron chi connectivity index (χ2n) is 8.68. The van der Waals surface area contributed by atoms with Gasteiger partial charge in [0.2, 0.25) is 0 Å². The molecule has 0 aliphatic rings. The summed E-state index contributed by atoms with van der Waals surface area (Å²) in [5.74, 6) is -2.24. The predicted molar refractivity (Wildman–Crippen MR) is 124 cm³/mol. The van der Waals surface area contributed by atoms with Gasteiger partial charge in [-0.3, -0.25) is 9.59 Å². The lowest BCUT2D eigenvalue weighted by Gasteiger charge is -2.19. The lowest BCUT2D eigenvalue weighted by molar-refractivity contribution is -0.140. The number of benzene rings is 1. The minimum Gasteiger partial charge on any atom is -0.488 e.